The normalized spacial score (nSPS) is 10.8. The summed E-state index contributed by atoms with van der Waals surface area (Å²) in [6.45, 7) is 2.13. The highest BCUT2D eigenvalue weighted by molar-refractivity contribution is 5.63. The molecule has 2 rings (SSSR count). The third-order valence-electron chi connectivity index (χ3n) is 2.47. The summed E-state index contributed by atoms with van der Waals surface area (Å²) in [5.74, 6) is -1.76. The van der Waals surface area contributed by atoms with Crippen LogP contribution in [0.3, 0.4) is 0 Å². The maximum absolute atomic E-state index is 13.1. The average Bonchev–Trinajstić information content (AvgIpc) is 2.63. The number of hydrogen-bond donors (Lipinski definition) is 2. The molecule has 0 aliphatic rings. The number of halogens is 2. The zero-order valence-corrected chi connectivity index (χ0v) is 8.72. The molecule has 16 heavy (non-hydrogen) atoms. The molecule has 0 fully saturated rings. The lowest BCUT2D eigenvalue weighted by atomic mass is 10.1. The van der Waals surface area contributed by atoms with Crippen LogP contribution in [0.15, 0.2) is 18.2 Å². The van der Waals surface area contributed by atoms with Gasteiger partial charge in [0, 0.05) is 23.4 Å². The van der Waals surface area contributed by atoms with Crippen molar-refractivity contribution in [3.8, 4) is 11.3 Å². The molecule has 0 saturated carbocycles. The Kier molecular flexibility index (Phi) is 2.70. The van der Waals surface area contributed by atoms with E-state index in [0.29, 0.717) is 17.8 Å². The molecule has 3 N–H and O–H groups in total. The van der Waals surface area contributed by atoms with E-state index in [1.54, 1.807) is 0 Å². The highest BCUT2D eigenvalue weighted by Crippen LogP contribution is 2.24. The van der Waals surface area contributed by atoms with E-state index in [-0.39, 0.29) is 0 Å². The van der Waals surface area contributed by atoms with E-state index in [1.807, 2.05) is 6.92 Å². The molecule has 0 spiro atoms. The second-order valence-corrected chi connectivity index (χ2v) is 3.51. The van der Waals surface area contributed by atoms with Crippen molar-refractivity contribution in [2.45, 2.75) is 13.5 Å². The molecule has 0 unspecified atom stereocenters. The molecule has 0 aliphatic carbocycles. The summed E-state index contributed by atoms with van der Waals surface area (Å²) < 4.78 is 25.8. The van der Waals surface area contributed by atoms with Gasteiger partial charge in [-0.15, -0.1) is 0 Å². The Balaban J connectivity index is 2.54. The van der Waals surface area contributed by atoms with Gasteiger partial charge in [-0.2, -0.15) is 5.10 Å². The first-order valence-electron chi connectivity index (χ1n) is 4.83. The highest BCUT2D eigenvalue weighted by atomic mass is 19.2. The zero-order valence-electron chi connectivity index (χ0n) is 8.72. The van der Waals surface area contributed by atoms with Crippen LogP contribution in [-0.4, -0.2) is 10.2 Å². The molecule has 0 radical (unpaired) electrons. The first-order valence-corrected chi connectivity index (χ1v) is 4.83. The third kappa shape index (κ3) is 1.69. The number of aryl methyl sites for hydroxylation is 1. The molecule has 2 aromatic rings. The lowest BCUT2D eigenvalue weighted by molar-refractivity contribution is 0.509. The number of aromatic nitrogens is 2. The van der Waals surface area contributed by atoms with Gasteiger partial charge in [-0.25, -0.2) is 8.78 Å². The van der Waals surface area contributed by atoms with Crippen LogP contribution in [-0.2, 0) is 6.54 Å². The fourth-order valence-corrected chi connectivity index (χ4v) is 1.58. The minimum atomic E-state index is -0.888. The van der Waals surface area contributed by atoms with Crippen molar-refractivity contribution in [3.63, 3.8) is 0 Å². The topological polar surface area (TPSA) is 54.7 Å². The van der Waals surface area contributed by atoms with E-state index >= 15 is 0 Å². The fraction of sp³-hybridized carbons (Fsp3) is 0.182. The number of nitrogens with two attached hydrogens (primary N) is 1. The van der Waals surface area contributed by atoms with Crippen molar-refractivity contribution < 1.29 is 8.78 Å². The number of aromatic amines is 1. The Hall–Kier alpha value is -1.75. The van der Waals surface area contributed by atoms with Crippen LogP contribution in [0.4, 0.5) is 8.78 Å². The van der Waals surface area contributed by atoms with E-state index in [2.05, 4.69) is 10.2 Å². The van der Waals surface area contributed by atoms with E-state index in [0.717, 1.165) is 23.4 Å². The molecule has 84 valence electrons. The maximum Gasteiger partial charge on any atom is 0.159 e. The van der Waals surface area contributed by atoms with Gasteiger partial charge in [0.1, 0.15) is 0 Å². The molecule has 0 saturated heterocycles. The van der Waals surface area contributed by atoms with Gasteiger partial charge >= 0.3 is 0 Å². The highest BCUT2D eigenvalue weighted by Gasteiger charge is 2.12. The van der Waals surface area contributed by atoms with Crippen LogP contribution in [0.2, 0.25) is 0 Å². The van der Waals surface area contributed by atoms with Crippen LogP contribution in [0.1, 0.15) is 11.3 Å². The third-order valence-corrected chi connectivity index (χ3v) is 2.47. The van der Waals surface area contributed by atoms with Crippen LogP contribution >= 0.6 is 0 Å². The monoisotopic (exact) mass is 223 g/mol. The summed E-state index contributed by atoms with van der Waals surface area (Å²) in [5, 5.41) is 6.81. The molecule has 1 aromatic carbocycles. The number of benzene rings is 1. The van der Waals surface area contributed by atoms with Gasteiger partial charge in [0.25, 0.3) is 0 Å². The van der Waals surface area contributed by atoms with Crippen molar-refractivity contribution in [1.29, 1.82) is 0 Å². The van der Waals surface area contributed by atoms with Gasteiger partial charge in [-0.1, -0.05) is 0 Å². The minimum Gasteiger partial charge on any atom is -0.326 e. The summed E-state index contributed by atoms with van der Waals surface area (Å²) in [6, 6.07) is 3.67. The number of rotatable bonds is 2. The lowest BCUT2D eigenvalue weighted by Crippen LogP contribution is -1.99. The number of hydrogen-bond acceptors (Lipinski definition) is 2. The van der Waals surface area contributed by atoms with E-state index in [4.69, 9.17) is 5.73 Å². The quantitative estimate of drug-likeness (QED) is 0.819. The SMILES string of the molecule is Cc1[nH]nc(-c2ccc(F)c(F)c2)c1CN. The number of nitrogens with one attached hydrogen (secondary N) is 1. The minimum absolute atomic E-state index is 0.302. The Bertz CT molecular complexity index is 520. The van der Waals surface area contributed by atoms with Crippen molar-refractivity contribution >= 4 is 0 Å². The van der Waals surface area contributed by atoms with Crippen molar-refractivity contribution in [2.75, 3.05) is 0 Å². The Morgan fingerprint density at radius 1 is 1.31 bits per heavy atom. The standard InChI is InChI=1S/C11H11F2N3/c1-6-8(5-14)11(16-15-6)7-2-3-9(12)10(13)4-7/h2-4H,5,14H2,1H3,(H,15,16). The van der Waals surface area contributed by atoms with Gasteiger partial charge in [-0.05, 0) is 25.1 Å². The Morgan fingerprint density at radius 2 is 2.06 bits per heavy atom. The smallest absolute Gasteiger partial charge is 0.159 e. The Labute approximate surface area is 91.3 Å². The predicted octanol–water partition coefficient (Wildman–Crippen LogP) is 2.12. The predicted molar refractivity (Wildman–Crippen MR) is 56.6 cm³/mol. The molecule has 3 nitrogen and oxygen atoms in total. The van der Waals surface area contributed by atoms with Gasteiger partial charge in [0.05, 0.1) is 5.69 Å². The largest absolute Gasteiger partial charge is 0.326 e. The second kappa shape index (κ2) is 4.02. The number of H-pyrrole nitrogens is 1. The zero-order chi connectivity index (χ0) is 11.7. The molecule has 0 atom stereocenters. The number of nitrogens with zero attached hydrogens (tertiary/aromatic N) is 1. The van der Waals surface area contributed by atoms with Crippen LogP contribution in [0, 0.1) is 18.6 Å². The van der Waals surface area contributed by atoms with E-state index in [9.17, 15) is 8.78 Å². The lowest BCUT2D eigenvalue weighted by Gasteiger charge is -2.01. The molecule has 1 aromatic heterocycles. The summed E-state index contributed by atoms with van der Waals surface area (Å²) >= 11 is 0. The summed E-state index contributed by atoms with van der Waals surface area (Å²) in [5.41, 5.74) is 8.31. The maximum atomic E-state index is 13.1. The van der Waals surface area contributed by atoms with E-state index in [1.165, 1.54) is 6.07 Å². The summed E-state index contributed by atoms with van der Waals surface area (Å²) in [7, 11) is 0. The molecule has 0 aliphatic heterocycles. The van der Waals surface area contributed by atoms with Gasteiger partial charge in [-0.3, -0.25) is 5.10 Å². The second-order valence-electron chi connectivity index (χ2n) is 3.51. The van der Waals surface area contributed by atoms with E-state index < -0.39 is 11.6 Å². The van der Waals surface area contributed by atoms with Crippen molar-refractivity contribution in [2.24, 2.45) is 5.73 Å². The van der Waals surface area contributed by atoms with Gasteiger partial charge in [0.15, 0.2) is 11.6 Å². The van der Waals surface area contributed by atoms with Gasteiger partial charge in [0.2, 0.25) is 0 Å². The van der Waals surface area contributed by atoms with Crippen LogP contribution in [0.5, 0.6) is 0 Å². The van der Waals surface area contributed by atoms with Gasteiger partial charge < -0.3 is 5.73 Å². The van der Waals surface area contributed by atoms with Crippen molar-refractivity contribution in [3.05, 3.63) is 41.1 Å². The summed E-state index contributed by atoms with van der Waals surface area (Å²) in [4.78, 5) is 0. The molecule has 1 heterocycles. The first-order chi connectivity index (χ1) is 7.63. The first kappa shape index (κ1) is 10.8. The molecule has 0 bridgehead atoms. The Morgan fingerprint density at radius 3 is 2.69 bits per heavy atom. The molecular weight excluding hydrogens is 212 g/mol. The molecule has 5 heteroatoms. The summed E-state index contributed by atoms with van der Waals surface area (Å²) in [6.07, 6.45) is 0. The van der Waals surface area contributed by atoms with Crippen LogP contribution < -0.4 is 5.73 Å². The molecular formula is C11H11F2N3. The molecule has 0 amide bonds. The fourth-order valence-electron chi connectivity index (χ4n) is 1.58. The average molecular weight is 223 g/mol. The van der Waals surface area contributed by atoms with Crippen molar-refractivity contribution in [1.82, 2.24) is 10.2 Å². The van der Waals surface area contributed by atoms with Crippen LogP contribution in [0.25, 0.3) is 11.3 Å².